The minimum absolute atomic E-state index is 0.0859. The van der Waals surface area contributed by atoms with Crippen LogP contribution >= 0.6 is 0 Å². The Hall–Kier alpha value is -3.15. The van der Waals surface area contributed by atoms with E-state index in [1.807, 2.05) is 41.3 Å². The first-order chi connectivity index (χ1) is 13.2. The predicted molar refractivity (Wildman–Crippen MR) is 106 cm³/mol. The fraction of sp³-hybridized carbons (Fsp3) is 0.286. The first-order valence-corrected chi connectivity index (χ1v) is 9.24. The largest absolute Gasteiger partial charge is 0.368 e. The van der Waals surface area contributed by atoms with E-state index in [-0.39, 0.29) is 11.5 Å². The normalized spacial score (nSPS) is 14.5. The minimum Gasteiger partial charge on any atom is -0.368 e. The molecule has 6 heteroatoms. The quantitative estimate of drug-likeness (QED) is 0.713. The molecule has 0 spiro atoms. The van der Waals surface area contributed by atoms with Crippen molar-refractivity contribution in [2.75, 3.05) is 31.1 Å². The van der Waals surface area contributed by atoms with Crippen LogP contribution in [0.25, 0.3) is 10.9 Å². The molecule has 0 N–H and O–H groups in total. The maximum atomic E-state index is 12.6. The molecule has 2 heterocycles. The van der Waals surface area contributed by atoms with E-state index in [1.54, 1.807) is 6.07 Å². The Balaban J connectivity index is 1.35. The third-order valence-electron chi connectivity index (χ3n) is 5.05. The number of nitrogens with zero attached hydrogens (tertiary/aromatic N) is 4. The van der Waals surface area contributed by atoms with Gasteiger partial charge < -0.3 is 9.80 Å². The average molecular weight is 362 g/mol. The van der Waals surface area contributed by atoms with E-state index in [4.69, 9.17) is 0 Å². The number of para-hydroxylation sites is 2. The molecule has 3 aromatic rings. The second kappa shape index (κ2) is 7.61. The predicted octanol–water partition coefficient (Wildman–Crippen LogP) is 2.14. The summed E-state index contributed by atoms with van der Waals surface area (Å²) >= 11 is 0. The van der Waals surface area contributed by atoms with Crippen LogP contribution in [0.4, 0.5) is 5.69 Å². The Labute approximate surface area is 157 Å². The van der Waals surface area contributed by atoms with Crippen molar-refractivity contribution in [1.82, 2.24) is 14.5 Å². The summed E-state index contributed by atoms with van der Waals surface area (Å²) in [7, 11) is 0. The molecule has 138 valence electrons. The molecule has 2 aromatic carbocycles. The highest BCUT2D eigenvalue weighted by Crippen LogP contribution is 2.16. The lowest BCUT2D eigenvalue weighted by atomic mass is 10.2. The highest BCUT2D eigenvalue weighted by molar-refractivity contribution is 5.78. The molecule has 6 nitrogen and oxygen atoms in total. The zero-order valence-corrected chi connectivity index (χ0v) is 15.1. The topological polar surface area (TPSA) is 58.4 Å². The Morgan fingerprint density at radius 1 is 0.926 bits per heavy atom. The van der Waals surface area contributed by atoms with E-state index >= 15 is 0 Å². The van der Waals surface area contributed by atoms with Crippen molar-refractivity contribution in [3.63, 3.8) is 0 Å². The van der Waals surface area contributed by atoms with Crippen molar-refractivity contribution >= 4 is 22.5 Å². The number of hydrogen-bond acceptors (Lipinski definition) is 4. The Morgan fingerprint density at radius 2 is 1.63 bits per heavy atom. The van der Waals surface area contributed by atoms with Gasteiger partial charge in [-0.1, -0.05) is 30.3 Å². The fourth-order valence-corrected chi connectivity index (χ4v) is 3.49. The highest BCUT2D eigenvalue weighted by atomic mass is 16.2. The number of piperazine rings is 1. The number of hydrogen-bond donors (Lipinski definition) is 0. The molecular formula is C21H22N4O2. The van der Waals surface area contributed by atoms with Gasteiger partial charge in [-0.15, -0.1) is 0 Å². The van der Waals surface area contributed by atoms with Crippen LogP contribution in [0.15, 0.2) is 65.7 Å². The molecule has 0 saturated carbocycles. The van der Waals surface area contributed by atoms with Gasteiger partial charge in [0.25, 0.3) is 5.56 Å². The first kappa shape index (κ1) is 17.3. The molecular weight excluding hydrogens is 340 g/mol. The van der Waals surface area contributed by atoms with E-state index in [2.05, 4.69) is 22.0 Å². The van der Waals surface area contributed by atoms with Crippen LogP contribution in [0.1, 0.15) is 6.42 Å². The van der Waals surface area contributed by atoms with Crippen LogP contribution in [0.3, 0.4) is 0 Å². The lowest BCUT2D eigenvalue weighted by molar-refractivity contribution is -0.131. The third-order valence-corrected chi connectivity index (χ3v) is 5.05. The molecule has 1 fully saturated rings. The summed E-state index contributed by atoms with van der Waals surface area (Å²) in [6, 6.07) is 17.5. The van der Waals surface area contributed by atoms with Gasteiger partial charge in [0, 0.05) is 44.8 Å². The zero-order chi connectivity index (χ0) is 18.6. The summed E-state index contributed by atoms with van der Waals surface area (Å²) < 4.78 is 1.53. The summed E-state index contributed by atoms with van der Waals surface area (Å²) in [4.78, 5) is 33.6. The Morgan fingerprint density at radius 3 is 2.41 bits per heavy atom. The standard InChI is InChI=1S/C21H22N4O2/c26-20(24-14-12-23(13-15-24)17-6-2-1-3-7-17)10-11-25-16-22-19-9-5-4-8-18(19)21(25)27/h1-9,16H,10-15H2. The van der Waals surface area contributed by atoms with Gasteiger partial charge in [-0.05, 0) is 24.3 Å². The van der Waals surface area contributed by atoms with Gasteiger partial charge in [0.2, 0.25) is 5.91 Å². The summed E-state index contributed by atoms with van der Waals surface area (Å²) in [6.07, 6.45) is 1.84. The number of aryl methyl sites for hydroxylation is 1. The number of carbonyl (C=O) groups is 1. The van der Waals surface area contributed by atoms with Crippen molar-refractivity contribution < 1.29 is 4.79 Å². The van der Waals surface area contributed by atoms with Gasteiger partial charge in [0.1, 0.15) is 0 Å². The maximum absolute atomic E-state index is 12.6. The molecule has 0 atom stereocenters. The van der Waals surface area contributed by atoms with Crippen LogP contribution in [-0.4, -0.2) is 46.5 Å². The molecule has 1 aliphatic rings. The third kappa shape index (κ3) is 3.69. The summed E-state index contributed by atoms with van der Waals surface area (Å²) in [5.74, 6) is 0.0859. The Kier molecular flexibility index (Phi) is 4.87. The molecule has 27 heavy (non-hydrogen) atoms. The Bertz CT molecular complexity index is 992. The molecule has 1 amide bonds. The lowest BCUT2D eigenvalue weighted by Gasteiger charge is -2.36. The molecule has 1 saturated heterocycles. The second-order valence-electron chi connectivity index (χ2n) is 6.71. The minimum atomic E-state index is -0.0951. The number of carbonyl (C=O) groups excluding carboxylic acids is 1. The van der Waals surface area contributed by atoms with E-state index in [0.717, 1.165) is 13.1 Å². The SMILES string of the molecule is O=C(CCn1cnc2ccccc2c1=O)N1CCN(c2ccccc2)CC1. The molecule has 0 aliphatic carbocycles. The van der Waals surface area contributed by atoms with Crippen LogP contribution in [0.2, 0.25) is 0 Å². The molecule has 0 radical (unpaired) electrons. The van der Waals surface area contributed by atoms with Gasteiger partial charge in [-0.3, -0.25) is 14.2 Å². The monoisotopic (exact) mass is 362 g/mol. The van der Waals surface area contributed by atoms with Gasteiger partial charge in [-0.25, -0.2) is 4.98 Å². The molecule has 0 unspecified atom stereocenters. The smallest absolute Gasteiger partial charge is 0.261 e. The number of rotatable bonds is 4. The van der Waals surface area contributed by atoms with E-state index < -0.39 is 0 Å². The van der Waals surface area contributed by atoms with Gasteiger partial charge in [0.05, 0.1) is 17.2 Å². The maximum Gasteiger partial charge on any atom is 0.261 e. The van der Waals surface area contributed by atoms with E-state index in [0.29, 0.717) is 37.0 Å². The van der Waals surface area contributed by atoms with E-state index in [1.165, 1.54) is 16.6 Å². The summed E-state index contributed by atoms with van der Waals surface area (Å²) in [6.45, 7) is 3.42. The highest BCUT2D eigenvalue weighted by Gasteiger charge is 2.21. The van der Waals surface area contributed by atoms with Crippen molar-refractivity contribution in [2.24, 2.45) is 0 Å². The van der Waals surface area contributed by atoms with Crippen molar-refractivity contribution in [3.8, 4) is 0 Å². The number of amides is 1. The molecule has 4 rings (SSSR count). The number of benzene rings is 2. The summed E-state index contributed by atoms with van der Waals surface area (Å²) in [5.41, 5.74) is 1.78. The van der Waals surface area contributed by atoms with Gasteiger partial charge in [0.15, 0.2) is 0 Å². The first-order valence-electron chi connectivity index (χ1n) is 9.24. The second-order valence-corrected chi connectivity index (χ2v) is 6.71. The molecule has 0 bridgehead atoms. The van der Waals surface area contributed by atoms with Crippen molar-refractivity contribution in [1.29, 1.82) is 0 Å². The molecule has 1 aliphatic heterocycles. The zero-order valence-electron chi connectivity index (χ0n) is 15.1. The van der Waals surface area contributed by atoms with Crippen LogP contribution in [0, 0.1) is 0 Å². The van der Waals surface area contributed by atoms with Crippen molar-refractivity contribution in [3.05, 3.63) is 71.3 Å². The van der Waals surface area contributed by atoms with Gasteiger partial charge in [-0.2, -0.15) is 0 Å². The van der Waals surface area contributed by atoms with Crippen LogP contribution in [-0.2, 0) is 11.3 Å². The fourth-order valence-electron chi connectivity index (χ4n) is 3.49. The lowest BCUT2D eigenvalue weighted by Crippen LogP contribution is -2.49. The van der Waals surface area contributed by atoms with E-state index in [9.17, 15) is 9.59 Å². The number of aromatic nitrogens is 2. The summed E-state index contributed by atoms with van der Waals surface area (Å²) in [5, 5.41) is 0.587. The average Bonchev–Trinajstić information content (AvgIpc) is 2.74. The van der Waals surface area contributed by atoms with Crippen LogP contribution in [0.5, 0.6) is 0 Å². The molecule has 1 aromatic heterocycles. The number of anilines is 1. The van der Waals surface area contributed by atoms with Gasteiger partial charge >= 0.3 is 0 Å². The van der Waals surface area contributed by atoms with Crippen molar-refractivity contribution in [2.45, 2.75) is 13.0 Å². The van der Waals surface area contributed by atoms with Crippen LogP contribution < -0.4 is 10.5 Å². The number of fused-ring (bicyclic) bond motifs is 1.